The van der Waals surface area contributed by atoms with E-state index in [1.807, 2.05) is 32.9 Å². The Hall–Kier alpha value is -2.41. The van der Waals surface area contributed by atoms with Gasteiger partial charge in [0.1, 0.15) is 11.8 Å². The maximum absolute atomic E-state index is 12.3. The van der Waals surface area contributed by atoms with Crippen molar-refractivity contribution in [1.29, 1.82) is 0 Å². The number of hydrogen-bond acceptors (Lipinski definition) is 5. The molecule has 218 valence electrons. The molecule has 0 aromatic heterocycles. The van der Waals surface area contributed by atoms with Crippen LogP contribution in [0.2, 0.25) is 0 Å². The Kier molecular flexibility index (Phi) is 15.8. The van der Waals surface area contributed by atoms with E-state index in [4.69, 9.17) is 9.47 Å². The Morgan fingerprint density at radius 1 is 0.846 bits per heavy atom. The van der Waals surface area contributed by atoms with Crippen molar-refractivity contribution < 1.29 is 19.4 Å². The Morgan fingerprint density at radius 3 is 1.85 bits per heavy atom. The van der Waals surface area contributed by atoms with Gasteiger partial charge in [-0.1, -0.05) is 113 Å². The van der Waals surface area contributed by atoms with Crippen molar-refractivity contribution in [2.45, 2.75) is 116 Å². The maximum Gasteiger partial charge on any atom is 0.408 e. The van der Waals surface area contributed by atoms with Gasteiger partial charge >= 0.3 is 6.09 Å². The van der Waals surface area contributed by atoms with E-state index in [1.165, 1.54) is 56.1 Å². The Morgan fingerprint density at radius 2 is 1.36 bits per heavy atom. The fourth-order valence-corrected chi connectivity index (χ4v) is 4.56. The van der Waals surface area contributed by atoms with Crippen LogP contribution >= 0.6 is 0 Å². The smallest absolute Gasteiger partial charge is 0.408 e. The highest BCUT2D eigenvalue weighted by Gasteiger charge is 2.24. The predicted molar refractivity (Wildman–Crippen MR) is 159 cm³/mol. The van der Waals surface area contributed by atoms with Crippen LogP contribution in [0.1, 0.15) is 96.6 Å². The minimum Gasteiger partial charge on any atom is -0.444 e. The first-order valence-corrected chi connectivity index (χ1v) is 14.8. The highest BCUT2D eigenvalue weighted by molar-refractivity contribution is 5.68. The number of rotatable bonds is 19. The van der Waals surface area contributed by atoms with Gasteiger partial charge in [0.25, 0.3) is 0 Å². The number of alkyl carbamates (subject to hydrolysis) is 1. The van der Waals surface area contributed by atoms with Crippen LogP contribution in [0.4, 0.5) is 4.79 Å². The minimum atomic E-state index is -0.605. The highest BCUT2D eigenvalue weighted by atomic mass is 16.6. The van der Waals surface area contributed by atoms with Gasteiger partial charge in [-0.05, 0) is 44.7 Å². The van der Waals surface area contributed by atoms with Crippen molar-refractivity contribution in [3.63, 3.8) is 0 Å². The molecule has 0 bridgehead atoms. The maximum atomic E-state index is 12.3. The average Bonchev–Trinajstić information content (AvgIpc) is 2.91. The fourth-order valence-electron chi connectivity index (χ4n) is 4.56. The molecule has 1 unspecified atom stereocenters. The number of ether oxygens (including phenoxy) is 2. The van der Waals surface area contributed by atoms with Gasteiger partial charge < -0.3 is 19.9 Å². The largest absolute Gasteiger partial charge is 0.444 e. The number of nitrogens with one attached hydrogen (secondary N) is 1. The van der Waals surface area contributed by atoms with Crippen LogP contribution < -0.4 is 5.32 Å². The molecule has 0 fully saturated rings. The number of aliphatic hydroxyl groups is 1. The molecule has 6 heteroatoms. The van der Waals surface area contributed by atoms with Crippen LogP contribution in [0.25, 0.3) is 0 Å². The number of amides is 1. The van der Waals surface area contributed by atoms with Crippen molar-refractivity contribution in [3.8, 4) is 0 Å². The average molecular weight is 541 g/mol. The molecule has 1 amide bonds. The van der Waals surface area contributed by atoms with E-state index in [0.717, 1.165) is 25.9 Å². The van der Waals surface area contributed by atoms with E-state index in [2.05, 4.69) is 65.7 Å². The Bertz CT molecular complexity index is 844. The molecule has 0 aliphatic rings. The van der Waals surface area contributed by atoms with Gasteiger partial charge in [0.15, 0.2) is 0 Å². The second kappa shape index (κ2) is 18.8. The molecule has 0 heterocycles. The zero-order valence-electron chi connectivity index (χ0n) is 24.7. The third-order valence-corrected chi connectivity index (χ3v) is 6.60. The van der Waals surface area contributed by atoms with E-state index in [-0.39, 0.29) is 19.4 Å². The van der Waals surface area contributed by atoms with Crippen LogP contribution in [0.5, 0.6) is 0 Å². The first-order valence-electron chi connectivity index (χ1n) is 14.8. The Labute approximate surface area is 237 Å². The zero-order valence-corrected chi connectivity index (χ0v) is 24.7. The van der Waals surface area contributed by atoms with Crippen molar-refractivity contribution >= 4 is 6.09 Å². The summed E-state index contributed by atoms with van der Waals surface area (Å²) in [6.45, 7) is 9.20. The van der Waals surface area contributed by atoms with Gasteiger partial charge in [0.05, 0.1) is 19.3 Å². The van der Waals surface area contributed by atoms with Crippen LogP contribution in [0.3, 0.4) is 0 Å². The summed E-state index contributed by atoms with van der Waals surface area (Å²) in [4.78, 5) is 14.7. The number of unbranched alkanes of at least 4 members (excludes halogenated alkanes) is 7. The number of carbonyl (C=O) groups excluding carboxylic acids is 1. The molecule has 6 nitrogen and oxygen atoms in total. The van der Waals surface area contributed by atoms with Crippen LogP contribution in [-0.4, -0.2) is 47.2 Å². The molecule has 39 heavy (non-hydrogen) atoms. The lowest BCUT2D eigenvalue weighted by Crippen LogP contribution is -2.46. The second-order valence-corrected chi connectivity index (χ2v) is 11.5. The number of benzene rings is 2. The van der Waals surface area contributed by atoms with Crippen molar-refractivity contribution in [3.05, 3.63) is 71.8 Å². The normalized spacial score (nSPS) is 13.3. The summed E-state index contributed by atoms with van der Waals surface area (Å²) < 4.78 is 11.9. The van der Waals surface area contributed by atoms with E-state index in [9.17, 15) is 9.90 Å². The molecular weight excluding hydrogens is 488 g/mol. The van der Waals surface area contributed by atoms with Crippen molar-refractivity contribution in [2.24, 2.45) is 0 Å². The highest BCUT2D eigenvalue weighted by Crippen LogP contribution is 2.20. The molecular formula is C33H52N2O4. The topological polar surface area (TPSA) is 71.0 Å². The number of nitrogens with zero attached hydrogens (tertiary/aromatic N) is 1. The number of aliphatic hydroxyl groups excluding tert-OH is 1. The van der Waals surface area contributed by atoms with Crippen molar-refractivity contribution in [1.82, 2.24) is 10.2 Å². The molecule has 0 saturated carbocycles. The molecule has 0 spiro atoms. The lowest BCUT2D eigenvalue weighted by Gasteiger charge is -2.33. The van der Waals surface area contributed by atoms with E-state index in [1.54, 1.807) is 0 Å². The lowest BCUT2D eigenvalue weighted by molar-refractivity contribution is -0.0838. The quantitative estimate of drug-likeness (QED) is 0.143. The molecule has 0 saturated heterocycles. The molecule has 0 aliphatic carbocycles. The molecule has 2 aromatic carbocycles. The monoisotopic (exact) mass is 540 g/mol. The summed E-state index contributed by atoms with van der Waals surface area (Å²) >= 11 is 0. The summed E-state index contributed by atoms with van der Waals surface area (Å²) in [5.74, 6) is 0. The minimum absolute atomic E-state index is 0.153. The zero-order chi connectivity index (χ0) is 28.3. The summed E-state index contributed by atoms with van der Waals surface area (Å²) in [5.41, 5.74) is 1.85. The van der Waals surface area contributed by atoms with E-state index in [0.29, 0.717) is 0 Å². The van der Waals surface area contributed by atoms with E-state index < -0.39 is 17.7 Å². The van der Waals surface area contributed by atoms with Gasteiger partial charge in [-0.25, -0.2) is 4.79 Å². The van der Waals surface area contributed by atoms with Crippen LogP contribution in [-0.2, 0) is 22.6 Å². The standard InChI is InChI=1S/C33H52N2O4/c1-5-6-7-8-9-10-11-18-23-31(38-27-30(26-36)34-32(37)39-33(2,3)4)35(24-28-19-14-12-15-20-28)25-29-21-16-13-17-22-29/h12-17,19-22,30-31,36H,5-11,18,23-27H2,1-4H3,(H,34,37)/t30-,31?/m0/s1. The van der Waals surface area contributed by atoms with Gasteiger partial charge in [-0.2, -0.15) is 0 Å². The van der Waals surface area contributed by atoms with Gasteiger partial charge in [0.2, 0.25) is 0 Å². The van der Waals surface area contributed by atoms with Crippen LogP contribution in [0, 0.1) is 0 Å². The number of carbonyl (C=O) groups is 1. The first kappa shape index (κ1) is 32.8. The molecule has 2 N–H and O–H groups in total. The van der Waals surface area contributed by atoms with Gasteiger partial charge in [0, 0.05) is 13.1 Å². The van der Waals surface area contributed by atoms with Gasteiger partial charge in [-0.15, -0.1) is 0 Å². The van der Waals surface area contributed by atoms with Gasteiger partial charge in [-0.3, -0.25) is 4.90 Å². The number of hydrogen-bond donors (Lipinski definition) is 2. The lowest BCUT2D eigenvalue weighted by atomic mass is 10.1. The molecule has 0 radical (unpaired) electrons. The van der Waals surface area contributed by atoms with Crippen LogP contribution in [0.15, 0.2) is 60.7 Å². The fraction of sp³-hybridized carbons (Fsp3) is 0.606. The molecule has 0 aliphatic heterocycles. The second-order valence-electron chi connectivity index (χ2n) is 11.5. The summed E-state index contributed by atoms with van der Waals surface area (Å²) in [6.07, 6.45) is 10.2. The summed E-state index contributed by atoms with van der Waals surface area (Å²) in [5, 5.41) is 12.7. The van der Waals surface area contributed by atoms with E-state index >= 15 is 0 Å². The van der Waals surface area contributed by atoms with Crippen molar-refractivity contribution in [2.75, 3.05) is 13.2 Å². The third kappa shape index (κ3) is 15.1. The summed E-state index contributed by atoms with van der Waals surface area (Å²) in [6, 6.07) is 20.4. The molecule has 2 rings (SSSR count). The Balaban J connectivity index is 2.09. The SMILES string of the molecule is CCCCCCCCCCC(OC[C@H](CO)NC(=O)OC(C)(C)C)N(Cc1ccccc1)Cc1ccccc1. The first-order chi connectivity index (χ1) is 18.8. The molecule has 2 aromatic rings. The third-order valence-electron chi connectivity index (χ3n) is 6.60. The summed E-state index contributed by atoms with van der Waals surface area (Å²) in [7, 11) is 0. The predicted octanol–water partition coefficient (Wildman–Crippen LogP) is 7.45. The molecule has 2 atom stereocenters.